The van der Waals surface area contributed by atoms with Crippen molar-refractivity contribution in [3.8, 4) is 0 Å². The van der Waals surface area contributed by atoms with Crippen LogP contribution in [-0.2, 0) is 11.3 Å². The summed E-state index contributed by atoms with van der Waals surface area (Å²) in [6, 6.07) is 0. The molecule has 94 valence electrons. The molecule has 0 spiro atoms. The highest BCUT2D eigenvalue weighted by Crippen LogP contribution is 2.06. The monoisotopic (exact) mass is 349 g/mol. The number of hydrogen-bond donors (Lipinski definition) is 1. The van der Waals surface area contributed by atoms with E-state index in [4.69, 9.17) is 0 Å². The number of hydrogen-bond acceptors (Lipinski definition) is 3. The molecule has 1 aromatic heterocycles. The predicted molar refractivity (Wildman–Crippen MR) is 73.7 cm³/mol. The molecular weight excluding hydrogens is 333 g/mol. The normalized spacial score (nSPS) is 11.3. The van der Waals surface area contributed by atoms with E-state index in [-0.39, 0.29) is 23.6 Å². The summed E-state index contributed by atoms with van der Waals surface area (Å²) in [7, 11) is 0. The molecule has 1 rings (SSSR count). The third kappa shape index (κ3) is 4.10. The van der Waals surface area contributed by atoms with E-state index in [1.807, 2.05) is 43.4 Å². The van der Waals surface area contributed by atoms with Crippen LogP contribution in [0.25, 0.3) is 0 Å². The maximum atomic E-state index is 11.7. The highest BCUT2D eigenvalue weighted by Gasteiger charge is 2.18. The Morgan fingerprint density at radius 2 is 2.24 bits per heavy atom. The van der Waals surface area contributed by atoms with Gasteiger partial charge in [-0.2, -0.15) is 0 Å². The first-order valence-corrected chi connectivity index (χ1v) is 6.44. The number of halogens is 1. The molecule has 0 saturated carbocycles. The van der Waals surface area contributed by atoms with Gasteiger partial charge in [-0.3, -0.25) is 14.2 Å². The quantitative estimate of drug-likeness (QED) is 0.830. The standard InChI is InChI=1S/C11H16IN3O2/c1-4-11(2,3)14-9(16)6-15-7-13-5-8(12)10(15)17/h5,7H,4,6H2,1-3H3,(H,14,16). The van der Waals surface area contributed by atoms with Crippen molar-refractivity contribution in [3.05, 3.63) is 26.4 Å². The number of carbonyl (C=O) groups is 1. The lowest BCUT2D eigenvalue weighted by molar-refractivity contribution is -0.123. The first-order valence-electron chi connectivity index (χ1n) is 5.36. The molecule has 0 atom stereocenters. The summed E-state index contributed by atoms with van der Waals surface area (Å²) in [5.41, 5.74) is -0.444. The molecule has 1 N–H and O–H groups in total. The summed E-state index contributed by atoms with van der Waals surface area (Å²) in [4.78, 5) is 27.3. The molecule has 0 aliphatic rings. The smallest absolute Gasteiger partial charge is 0.267 e. The fourth-order valence-corrected chi connectivity index (χ4v) is 1.67. The van der Waals surface area contributed by atoms with Crippen molar-refractivity contribution in [2.75, 3.05) is 0 Å². The lowest BCUT2D eigenvalue weighted by Gasteiger charge is -2.24. The van der Waals surface area contributed by atoms with Crippen LogP contribution in [0.15, 0.2) is 17.3 Å². The van der Waals surface area contributed by atoms with E-state index < -0.39 is 0 Å². The van der Waals surface area contributed by atoms with Crippen LogP contribution < -0.4 is 10.9 Å². The first-order chi connectivity index (χ1) is 7.85. The van der Waals surface area contributed by atoms with Crippen LogP contribution in [-0.4, -0.2) is 21.0 Å². The van der Waals surface area contributed by atoms with E-state index >= 15 is 0 Å². The van der Waals surface area contributed by atoms with E-state index in [0.29, 0.717) is 3.57 Å². The van der Waals surface area contributed by atoms with E-state index in [9.17, 15) is 9.59 Å². The summed E-state index contributed by atoms with van der Waals surface area (Å²) >= 11 is 1.90. The van der Waals surface area contributed by atoms with Crippen LogP contribution >= 0.6 is 22.6 Å². The van der Waals surface area contributed by atoms with Gasteiger partial charge in [-0.15, -0.1) is 0 Å². The van der Waals surface area contributed by atoms with Crippen molar-refractivity contribution in [1.29, 1.82) is 0 Å². The van der Waals surface area contributed by atoms with Crippen LogP contribution in [0, 0.1) is 3.57 Å². The lowest BCUT2D eigenvalue weighted by Crippen LogP contribution is -2.45. The van der Waals surface area contributed by atoms with Crippen LogP contribution in [0.2, 0.25) is 0 Å². The fraction of sp³-hybridized carbons (Fsp3) is 0.545. The number of nitrogens with zero attached hydrogens (tertiary/aromatic N) is 2. The van der Waals surface area contributed by atoms with Crippen LogP contribution in [0.4, 0.5) is 0 Å². The van der Waals surface area contributed by atoms with E-state index in [2.05, 4.69) is 10.3 Å². The average molecular weight is 349 g/mol. The fourth-order valence-electron chi connectivity index (χ4n) is 1.20. The summed E-state index contributed by atoms with van der Waals surface area (Å²) in [6.45, 7) is 5.90. The Balaban J connectivity index is 2.76. The van der Waals surface area contributed by atoms with Crippen molar-refractivity contribution in [2.24, 2.45) is 0 Å². The molecule has 0 aromatic carbocycles. The van der Waals surface area contributed by atoms with Crippen LogP contribution in [0.5, 0.6) is 0 Å². The second kappa shape index (κ2) is 5.61. The predicted octanol–water partition coefficient (Wildman–Crippen LogP) is 1.15. The second-order valence-corrected chi connectivity index (χ2v) is 5.62. The van der Waals surface area contributed by atoms with Crippen molar-refractivity contribution >= 4 is 28.5 Å². The molecule has 6 heteroatoms. The van der Waals surface area contributed by atoms with Gasteiger partial charge in [-0.25, -0.2) is 4.98 Å². The van der Waals surface area contributed by atoms with Gasteiger partial charge in [0.15, 0.2) is 0 Å². The van der Waals surface area contributed by atoms with Gasteiger partial charge < -0.3 is 5.32 Å². The van der Waals surface area contributed by atoms with Gasteiger partial charge in [0, 0.05) is 11.7 Å². The molecule has 0 aliphatic carbocycles. The minimum Gasteiger partial charge on any atom is -0.350 e. The van der Waals surface area contributed by atoms with Gasteiger partial charge in [-0.05, 0) is 42.9 Å². The molecule has 0 saturated heterocycles. The zero-order valence-electron chi connectivity index (χ0n) is 10.2. The molecule has 0 fully saturated rings. The van der Waals surface area contributed by atoms with Crippen LogP contribution in [0.3, 0.4) is 0 Å². The zero-order valence-corrected chi connectivity index (χ0v) is 12.3. The number of carbonyl (C=O) groups excluding carboxylic acids is 1. The van der Waals surface area contributed by atoms with E-state index in [0.717, 1.165) is 6.42 Å². The Labute approximate surface area is 114 Å². The minimum atomic E-state index is -0.254. The number of rotatable bonds is 4. The minimum absolute atomic E-state index is 0.00606. The van der Waals surface area contributed by atoms with Gasteiger partial charge in [-0.1, -0.05) is 6.92 Å². The SMILES string of the molecule is CCC(C)(C)NC(=O)Cn1cncc(I)c1=O. The highest BCUT2D eigenvalue weighted by molar-refractivity contribution is 14.1. The molecule has 1 amide bonds. The molecular formula is C11H16IN3O2. The Morgan fingerprint density at radius 3 is 2.82 bits per heavy atom. The number of aromatic nitrogens is 2. The van der Waals surface area contributed by atoms with E-state index in [1.165, 1.54) is 17.1 Å². The van der Waals surface area contributed by atoms with Gasteiger partial charge in [0.05, 0.1) is 9.90 Å². The average Bonchev–Trinajstić information content (AvgIpc) is 2.24. The van der Waals surface area contributed by atoms with Crippen molar-refractivity contribution < 1.29 is 4.79 Å². The maximum absolute atomic E-state index is 11.7. The Bertz CT molecular complexity index is 468. The Kier molecular flexibility index (Phi) is 4.67. The summed E-state index contributed by atoms with van der Waals surface area (Å²) in [5, 5.41) is 2.87. The summed E-state index contributed by atoms with van der Waals surface area (Å²) < 4.78 is 1.82. The summed E-state index contributed by atoms with van der Waals surface area (Å²) in [6.07, 6.45) is 3.69. The lowest BCUT2D eigenvalue weighted by atomic mass is 10.0. The number of amides is 1. The van der Waals surface area contributed by atoms with E-state index in [1.54, 1.807) is 0 Å². The Morgan fingerprint density at radius 1 is 1.59 bits per heavy atom. The first kappa shape index (κ1) is 14.1. The van der Waals surface area contributed by atoms with Crippen molar-refractivity contribution in [3.63, 3.8) is 0 Å². The largest absolute Gasteiger partial charge is 0.350 e. The van der Waals surface area contributed by atoms with Gasteiger partial charge in [0.1, 0.15) is 6.54 Å². The number of nitrogens with one attached hydrogen (secondary N) is 1. The topological polar surface area (TPSA) is 64.0 Å². The van der Waals surface area contributed by atoms with Gasteiger partial charge >= 0.3 is 0 Å². The molecule has 0 radical (unpaired) electrons. The second-order valence-electron chi connectivity index (χ2n) is 4.46. The van der Waals surface area contributed by atoms with Crippen LogP contribution in [0.1, 0.15) is 27.2 Å². The Hall–Kier alpha value is -0.920. The maximum Gasteiger partial charge on any atom is 0.267 e. The molecule has 5 nitrogen and oxygen atoms in total. The van der Waals surface area contributed by atoms with Gasteiger partial charge in [0.2, 0.25) is 5.91 Å². The highest BCUT2D eigenvalue weighted by atomic mass is 127. The van der Waals surface area contributed by atoms with Crippen molar-refractivity contribution in [1.82, 2.24) is 14.9 Å². The molecule has 1 heterocycles. The summed E-state index contributed by atoms with van der Waals surface area (Å²) in [5.74, 6) is -0.178. The molecule has 0 bridgehead atoms. The molecule has 0 unspecified atom stereocenters. The molecule has 17 heavy (non-hydrogen) atoms. The third-order valence-corrected chi connectivity index (χ3v) is 3.27. The third-order valence-electron chi connectivity index (χ3n) is 2.53. The zero-order chi connectivity index (χ0) is 13.1. The molecule has 1 aromatic rings. The molecule has 0 aliphatic heterocycles. The van der Waals surface area contributed by atoms with Gasteiger partial charge in [0.25, 0.3) is 5.56 Å². The van der Waals surface area contributed by atoms with Crippen molar-refractivity contribution in [2.45, 2.75) is 39.3 Å².